The smallest absolute Gasteiger partial charge is 0.0108 e. The average Bonchev–Trinajstić information content (AvgIpc) is 2.96. The van der Waals surface area contributed by atoms with Crippen LogP contribution >= 0.6 is 11.3 Å². The van der Waals surface area contributed by atoms with Gasteiger partial charge in [-0.25, -0.2) is 0 Å². The molecule has 0 aliphatic heterocycles. The Bertz CT molecular complexity index is 314. The lowest BCUT2D eigenvalue weighted by Crippen LogP contribution is -2.32. The van der Waals surface area contributed by atoms with E-state index in [2.05, 4.69) is 29.1 Å². The van der Waals surface area contributed by atoms with E-state index >= 15 is 0 Å². The molecule has 1 fully saturated rings. The molecule has 0 saturated heterocycles. The molecular weight excluding hydrogens is 250 g/mol. The molecular formula is C17H29NS. The average molecular weight is 279 g/mol. The van der Waals surface area contributed by atoms with Crippen LogP contribution < -0.4 is 5.32 Å². The highest BCUT2D eigenvalue weighted by atomic mass is 32.1. The van der Waals surface area contributed by atoms with Gasteiger partial charge in [0.2, 0.25) is 0 Å². The maximum absolute atomic E-state index is 3.75. The Kier molecular flexibility index (Phi) is 6.94. The van der Waals surface area contributed by atoms with E-state index in [4.69, 9.17) is 0 Å². The predicted octanol–water partition coefficient (Wildman–Crippen LogP) is 5.02. The van der Waals surface area contributed by atoms with Gasteiger partial charge < -0.3 is 5.32 Å². The van der Waals surface area contributed by atoms with Crippen molar-refractivity contribution in [3.05, 3.63) is 22.4 Å². The molecule has 1 aromatic heterocycles. The zero-order chi connectivity index (χ0) is 13.3. The summed E-state index contributed by atoms with van der Waals surface area (Å²) in [5, 5.41) is 8.26. The zero-order valence-electron chi connectivity index (χ0n) is 12.4. The Labute approximate surface area is 122 Å². The molecule has 1 atom stereocenters. The molecule has 0 aromatic carbocycles. The summed E-state index contributed by atoms with van der Waals surface area (Å²) in [6.07, 6.45) is 12.6. The Morgan fingerprint density at radius 1 is 1.32 bits per heavy atom. The van der Waals surface area contributed by atoms with Crippen LogP contribution in [0, 0.1) is 5.92 Å². The quantitative estimate of drug-likeness (QED) is 0.704. The van der Waals surface area contributed by atoms with Crippen LogP contribution in [0.1, 0.15) is 63.9 Å². The lowest BCUT2D eigenvalue weighted by molar-refractivity contribution is 0.312. The highest BCUT2D eigenvalue weighted by Crippen LogP contribution is 2.28. The van der Waals surface area contributed by atoms with Crippen LogP contribution in [0.5, 0.6) is 0 Å². The van der Waals surface area contributed by atoms with Gasteiger partial charge in [-0.15, -0.1) is 0 Å². The molecule has 1 N–H and O–H groups in total. The van der Waals surface area contributed by atoms with E-state index in [1.54, 1.807) is 0 Å². The van der Waals surface area contributed by atoms with Crippen molar-refractivity contribution < 1.29 is 0 Å². The van der Waals surface area contributed by atoms with Gasteiger partial charge in [-0.3, -0.25) is 0 Å². The summed E-state index contributed by atoms with van der Waals surface area (Å²) in [7, 11) is 0. The molecule has 1 heterocycles. The van der Waals surface area contributed by atoms with Crippen molar-refractivity contribution in [1.82, 2.24) is 5.32 Å². The molecule has 108 valence electrons. The Morgan fingerprint density at radius 3 is 2.84 bits per heavy atom. The Hall–Kier alpha value is -0.340. The number of rotatable bonds is 8. The van der Waals surface area contributed by atoms with E-state index in [0.717, 1.165) is 5.92 Å². The van der Waals surface area contributed by atoms with Gasteiger partial charge in [-0.2, -0.15) is 11.3 Å². The highest BCUT2D eigenvalue weighted by molar-refractivity contribution is 7.07. The fourth-order valence-corrected chi connectivity index (χ4v) is 3.91. The minimum Gasteiger partial charge on any atom is -0.314 e. The van der Waals surface area contributed by atoms with Gasteiger partial charge in [0.25, 0.3) is 0 Å². The summed E-state index contributed by atoms with van der Waals surface area (Å²) < 4.78 is 0. The molecule has 2 rings (SSSR count). The molecule has 1 unspecified atom stereocenters. The highest BCUT2D eigenvalue weighted by Gasteiger charge is 2.16. The zero-order valence-corrected chi connectivity index (χ0v) is 13.2. The fraction of sp³-hybridized carbons (Fsp3) is 0.765. The van der Waals surface area contributed by atoms with Crippen molar-refractivity contribution in [2.45, 2.75) is 70.8 Å². The third kappa shape index (κ3) is 5.66. The molecule has 19 heavy (non-hydrogen) atoms. The first-order valence-corrected chi connectivity index (χ1v) is 9.07. The van der Waals surface area contributed by atoms with Crippen LogP contribution in [-0.4, -0.2) is 12.6 Å². The van der Waals surface area contributed by atoms with Crippen LogP contribution in [0.4, 0.5) is 0 Å². The van der Waals surface area contributed by atoms with Gasteiger partial charge in [0.05, 0.1) is 0 Å². The van der Waals surface area contributed by atoms with Crippen LogP contribution in [0.15, 0.2) is 16.8 Å². The minimum atomic E-state index is 0.691. The van der Waals surface area contributed by atoms with E-state index in [-0.39, 0.29) is 0 Å². The van der Waals surface area contributed by atoms with E-state index in [9.17, 15) is 0 Å². The van der Waals surface area contributed by atoms with Gasteiger partial charge in [-0.1, -0.05) is 39.0 Å². The second-order valence-corrected chi connectivity index (χ2v) is 6.85. The third-order valence-corrected chi connectivity index (χ3v) is 5.13. The molecule has 2 heteroatoms. The first kappa shape index (κ1) is 15.1. The Morgan fingerprint density at radius 2 is 2.16 bits per heavy atom. The molecule has 1 nitrogen and oxygen atoms in total. The third-order valence-electron chi connectivity index (χ3n) is 4.39. The first-order valence-electron chi connectivity index (χ1n) is 8.13. The van der Waals surface area contributed by atoms with Crippen LogP contribution in [0.25, 0.3) is 0 Å². The van der Waals surface area contributed by atoms with Gasteiger partial charge in [0.1, 0.15) is 0 Å². The standard InChI is InChI=1S/C17H29NS/c1-2-11-18-17(13-16-10-12-19-14-16)9-8-15-6-4-3-5-7-15/h10,12,14-15,17-18H,2-9,11,13H2,1H3. The van der Waals surface area contributed by atoms with Crippen molar-refractivity contribution in [1.29, 1.82) is 0 Å². The van der Waals surface area contributed by atoms with E-state index < -0.39 is 0 Å². The van der Waals surface area contributed by atoms with Crippen molar-refractivity contribution in [3.8, 4) is 0 Å². The van der Waals surface area contributed by atoms with E-state index in [1.807, 2.05) is 11.3 Å². The van der Waals surface area contributed by atoms with Crippen molar-refractivity contribution in [2.24, 2.45) is 5.92 Å². The SMILES string of the molecule is CCCNC(CCC1CCCCC1)Cc1ccsc1. The topological polar surface area (TPSA) is 12.0 Å². The van der Waals surface area contributed by atoms with Crippen molar-refractivity contribution in [2.75, 3.05) is 6.54 Å². The predicted molar refractivity (Wildman–Crippen MR) is 85.9 cm³/mol. The maximum Gasteiger partial charge on any atom is 0.0108 e. The first-order chi connectivity index (χ1) is 9.38. The molecule has 1 saturated carbocycles. The number of thiophene rings is 1. The van der Waals surface area contributed by atoms with Crippen molar-refractivity contribution in [3.63, 3.8) is 0 Å². The summed E-state index contributed by atoms with van der Waals surface area (Å²) in [4.78, 5) is 0. The fourth-order valence-electron chi connectivity index (χ4n) is 3.23. The Balaban J connectivity index is 1.75. The second kappa shape index (κ2) is 8.76. The summed E-state index contributed by atoms with van der Waals surface area (Å²) >= 11 is 1.82. The van der Waals surface area contributed by atoms with Gasteiger partial charge in [0, 0.05) is 6.04 Å². The number of hydrogen-bond donors (Lipinski definition) is 1. The number of hydrogen-bond acceptors (Lipinski definition) is 2. The lowest BCUT2D eigenvalue weighted by atomic mass is 9.84. The molecule has 0 spiro atoms. The van der Waals surface area contributed by atoms with E-state index in [1.165, 1.54) is 69.9 Å². The molecule has 1 aliphatic rings. The normalized spacial score (nSPS) is 18.6. The van der Waals surface area contributed by atoms with Gasteiger partial charge >= 0.3 is 0 Å². The van der Waals surface area contributed by atoms with Crippen LogP contribution in [-0.2, 0) is 6.42 Å². The van der Waals surface area contributed by atoms with Crippen LogP contribution in [0.3, 0.4) is 0 Å². The molecule has 0 radical (unpaired) electrons. The largest absolute Gasteiger partial charge is 0.314 e. The molecule has 0 bridgehead atoms. The molecule has 1 aromatic rings. The van der Waals surface area contributed by atoms with E-state index in [0.29, 0.717) is 6.04 Å². The lowest BCUT2D eigenvalue weighted by Gasteiger charge is -2.25. The van der Waals surface area contributed by atoms with Gasteiger partial charge in [-0.05, 0) is 60.5 Å². The summed E-state index contributed by atoms with van der Waals surface area (Å²) in [5.41, 5.74) is 1.52. The maximum atomic E-state index is 3.75. The summed E-state index contributed by atoms with van der Waals surface area (Å²) in [5.74, 6) is 1.02. The second-order valence-electron chi connectivity index (χ2n) is 6.07. The van der Waals surface area contributed by atoms with Gasteiger partial charge in [0.15, 0.2) is 0 Å². The monoisotopic (exact) mass is 279 g/mol. The van der Waals surface area contributed by atoms with Crippen LogP contribution in [0.2, 0.25) is 0 Å². The molecule has 1 aliphatic carbocycles. The number of nitrogens with one attached hydrogen (secondary N) is 1. The minimum absolute atomic E-state index is 0.691. The van der Waals surface area contributed by atoms with Crippen molar-refractivity contribution >= 4 is 11.3 Å². The molecule has 0 amide bonds. The summed E-state index contributed by atoms with van der Waals surface area (Å²) in [6.45, 7) is 3.43. The summed E-state index contributed by atoms with van der Waals surface area (Å²) in [6, 6.07) is 2.97.